The van der Waals surface area contributed by atoms with Gasteiger partial charge >= 0.3 is 5.97 Å². The Morgan fingerprint density at radius 3 is 2.82 bits per heavy atom. The summed E-state index contributed by atoms with van der Waals surface area (Å²) < 4.78 is 0.678. The molecule has 4 N–H and O–H groups in total. The third kappa shape index (κ3) is 5.18. The largest absolute Gasteiger partial charge is 0.478 e. The van der Waals surface area contributed by atoms with E-state index in [-0.39, 0.29) is 29.4 Å². The number of benzene rings is 1. The average Bonchev–Trinajstić information content (AvgIpc) is 3.43. The first-order valence-corrected chi connectivity index (χ1v) is 12.8. The van der Waals surface area contributed by atoms with Gasteiger partial charge in [0.1, 0.15) is 0 Å². The van der Waals surface area contributed by atoms with Crippen molar-refractivity contribution in [3.05, 3.63) is 40.4 Å². The van der Waals surface area contributed by atoms with Crippen LogP contribution in [0.1, 0.15) is 59.8 Å². The number of hydrogen-bond donors (Lipinski definition) is 4. The molecule has 2 aromatic heterocycles. The van der Waals surface area contributed by atoms with Gasteiger partial charge in [-0.25, -0.2) is 14.8 Å². The molecule has 1 fully saturated rings. The number of piperidine rings is 1. The Morgan fingerprint density at radius 1 is 1.29 bits per heavy atom. The lowest BCUT2D eigenvalue weighted by molar-refractivity contribution is 0.0699. The van der Waals surface area contributed by atoms with Crippen LogP contribution in [-0.4, -0.2) is 63.7 Å². The van der Waals surface area contributed by atoms with Gasteiger partial charge in [0, 0.05) is 25.2 Å². The van der Waals surface area contributed by atoms with Crippen molar-refractivity contribution in [1.29, 1.82) is 0 Å². The maximum atomic E-state index is 12.9. The van der Waals surface area contributed by atoms with Crippen molar-refractivity contribution in [2.75, 3.05) is 24.5 Å². The van der Waals surface area contributed by atoms with Gasteiger partial charge < -0.3 is 25.6 Å². The highest BCUT2D eigenvalue weighted by atomic mass is 35.5. The third-order valence-corrected chi connectivity index (χ3v) is 7.55. The highest BCUT2D eigenvalue weighted by Crippen LogP contribution is 2.33. The molecule has 1 aliphatic rings. The molecule has 3 heterocycles. The fourth-order valence-corrected chi connectivity index (χ4v) is 5.55. The fraction of sp³-hybridized carbons (Fsp3) is 0.478. The molecular formula is C23H29ClN6O3S. The zero-order valence-corrected chi connectivity index (χ0v) is 20.8. The van der Waals surface area contributed by atoms with Gasteiger partial charge in [0.05, 0.1) is 21.5 Å². The molecule has 11 heteroatoms. The zero-order chi connectivity index (χ0) is 24.2. The number of imidazole rings is 1. The number of halogens is 1. The fourth-order valence-electron chi connectivity index (χ4n) is 4.18. The molecule has 1 aromatic carbocycles. The van der Waals surface area contributed by atoms with Gasteiger partial charge in [0.2, 0.25) is 0 Å². The highest BCUT2D eigenvalue weighted by molar-refractivity contribution is 7.22. The minimum absolute atomic E-state index is 0.00582. The number of fused-ring (bicyclic) bond motifs is 1. The summed E-state index contributed by atoms with van der Waals surface area (Å²) in [4.78, 5) is 38.5. The molecule has 2 atom stereocenters. The second-order valence-electron chi connectivity index (χ2n) is 8.39. The molecule has 0 unspecified atom stereocenters. The van der Waals surface area contributed by atoms with Crippen molar-refractivity contribution in [1.82, 2.24) is 25.6 Å². The number of thiazole rings is 1. The maximum absolute atomic E-state index is 12.9. The summed E-state index contributed by atoms with van der Waals surface area (Å²) in [7, 11) is 0. The number of carboxylic acids is 1. The SMILES string of the molecule is CCCCN[C@@H]1CN(c2nc3cccc(C(=O)O)c3s2)CC[C@H]1NC(=O)c1nc(Cl)c(CC)[nH]1. The molecule has 0 aliphatic carbocycles. The normalized spacial score (nSPS) is 18.4. The number of aryl methyl sites for hydroxylation is 1. The molecule has 3 aromatic rings. The monoisotopic (exact) mass is 504 g/mol. The molecule has 0 radical (unpaired) electrons. The predicted octanol–water partition coefficient (Wildman–Crippen LogP) is 3.70. The van der Waals surface area contributed by atoms with Gasteiger partial charge in [-0.05, 0) is 37.9 Å². The summed E-state index contributed by atoms with van der Waals surface area (Å²) in [6.07, 6.45) is 3.49. The van der Waals surface area contributed by atoms with Gasteiger partial charge in [0.25, 0.3) is 5.91 Å². The number of aromatic amines is 1. The topological polar surface area (TPSA) is 123 Å². The molecule has 0 saturated carbocycles. The van der Waals surface area contributed by atoms with Gasteiger partial charge in [-0.2, -0.15) is 0 Å². The van der Waals surface area contributed by atoms with Gasteiger partial charge in [-0.1, -0.05) is 49.3 Å². The van der Waals surface area contributed by atoms with E-state index >= 15 is 0 Å². The summed E-state index contributed by atoms with van der Waals surface area (Å²) in [5, 5.41) is 17.3. The van der Waals surface area contributed by atoms with Crippen LogP contribution in [0.3, 0.4) is 0 Å². The zero-order valence-electron chi connectivity index (χ0n) is 19.2. The first kappa shape index (κ1) is 24.4. The second-order valence-corrected chi connectivity index (χ2v) is 9.73. The van der Waals surface area contributed by atoms with E-state index < -0.39 is 5.97 Å². The smallest absolute Gasteiger partial charge is 0.337 e. The number of nitrogens with zero attached hydrogens (tertiary/aromatic N) is 3. The highest BCUT2D eigenvalue weighted by Gasteiger charge is 2.32. The van der Waals surface area contributed by atoms with Crippen molar-refractivity contribution in [3.8, 4) is 0 Å². The Hall–Kier alpha value is -2.69. The van der Waals surface area contributed by atoms with Crippen LogP contribution in [-0.2, 0) is 6.42 Å². The van der Waals surface area contributed by atoms with E-state index in [9.17, 15) is 14.7 Å². The summed E-state index contributed by atoms with van der Waals surface area (Å²) in [6.45, 7) is 6.28. The minimum atomic E-state index is -0.953. The number of amides is 1. The van der Waals surface area contributed by atoms with Crippen molar-refractivity contribution >= 4 is 50.2 Å². The molecule has 182 valence electrons. The molecule has 1 saturated heterocycles. The molecule has 0 bridgehead atoms. The molecular weight excluding hydrogens is 476 g/mol. The van der Waals surface area contributed by atoms with E-state index in [1.54, 1.807) is 12.1 Å². The predicted molar refractivity (Wildman–Crippen MR) is 134 cm³/mol. The lowest BCUT2D eigenvalue weighted by Gasteiger charge is -2.39. The summed E-state index contributed by atoms with van der Waals surface area (Å²) in [5.41, 5.74) is 1.70. The number of carbonyl (C=O) groups excluding carboxylic acids is 1. The molecule has 1 aliphatic heterocycles. The number of H-pyrrole nitrogens is 1. The number of rotatable bonds is 9. The number of aromatic carboxylic acids is 1. The standard InChI is InChI=1S/C23H29ClN6O3S/c1-3-5-10-25-17-12-30(23-28-16-8-6-7-13(22(32)33)18(16)34-23)11-9-15(17)27-21(31)20-26-14(4-2)19(24)29-20/h6-8,15,17,25H,3-5,9-12H2,1-2H3,(H,26,29)(H,27,31)(H,32,33)/t15-,17-/m1/s1. The molecule has 0 spiro atoms. The van der Waals surface area contributed by atoms with E-state index in [2.05, 4.69) is 32.4 Å². The Kier molecular flexibility index (Phi) is 7.70. The number of hydrogen-bond acceptors (Lipinski definition) is 7. The van der Waals surface area contributed by atoms with Crippen LogP contribution in [0, 0.1) is 0 Å². The summed E-state index contributed by atoms with van der Waals surface area (Å²) >= 11 is 7.51. The Bertz CT molecular complexity index is 1180. The Labute approximate surface area is 206 Å². The van der Waals surface area contributed by atoms with Crippen LogP contribution in [0.25, 0.3) is 10.2 Å². The van der Waals surface area contributed by atoms with E-state index in [4.69, 9.17) is 16.6 Å². The van der Waals surface area contributed by atoms with Gasteiger partial charge in [-0.15, -0.1) is 0 Å². The molecule has 9 nitrogen and oxygen atoms in total. The number of nitrogens with one attached hydrogen (secondary N) is 3. The number of unbranched alkanes of at least 4 members (excludes halogenated alkanes) is 1. The second kappa shape index (κ2) is 10.7. The number of carboxylic acid groups (broad SMARTS) is 1. The van der Waals surface area contributed by atoms with Crippen molar-refractivity contribution in [2.24, 2.45) is 0 Å². The first-order chi connectivity index (χ1) is 16.4. The van der Waals surface area contributed by atoms with E-state index in [0.29, 0.717) is 41.3 Å². The number of anilines is 1. The Balaban J connectivity index is 1.51. The average molecular weight is 505 g/mol. The summed E-state index contributed by atoms with van der Waals surface area (Å²) in [5.74, 6) is -0.997. The quantitative estimate of drug-likeness (QED) is 0.327. The van der Waals surface area contributed by atoms with Crippen LogP contribution >= 0.6 is 22.9 Å². The van der Waals surface area contributed by atoms with E-state index in [1.807, 2.05) is 13.0 Å². The minimum Gasteiger partial charge on any atom is -0.478 e. The van der Waals surface area contributed by atoms with E-state index in [0.717, 1.165) is 30.2 Å². The van der Waals surface area contributed by atoms with Gasteiger partial charge in [-0.3, -0.25) is 4.79 Å². The van der Waals surface area contributed by atoms with Crippen LogP contribution < -0.4 is 15.5 Å². The van der Waals surface area contributed by atoms with Gasteiger partial charge in [0.15, 0.2) is 16.1 Å². The van der Waals surface area contributed by atoms with Crippen LogP contribution in [0.2, 0.25) is 5.15 Å². The lowest BCUT2D eigenvalue weighted by Crippen LogP contribution is -2.59. The molecule has 34 heavy (non-hydrogen) atoms. The molecule has 4 rings (SSSR count). The van der Waals surface area contributed by atoms with Crippen molar-refractivity contribution in [3.63, 3.8) is 0 Å². The van der Waals surface area contributed by atoms with Crippen LogP contribution in [0.5, 0.6) is 0 Å². The number of aromatic nitrogens is 3. The Morgan fingerprint density at radius 2 is 2.12 bits per heavy atom. The lowest BCUT2D eigenvalue weighted by atomic mass is 9.99. The van der Waals surface area contributed by atoms with E-state index in [1.165, 1.54) is 11.3 Å². The van der Waals surface area contributed by atoms with Crippen LogP contribution in [0.15, 0.2) is 18.2 Å². The first-order valence-electron chi connectivity index (χ1n) is 11.6. The molecule has 1 amide bonds. The number of carbonyl (C=O) groups is 2. The maximum Gasteiger partial charge on any atom is 0.337 e. The van der Waals surface area contributed by atoms with Crippen molar-refractivity contribution < 1.29 is 14.7 Å². The third-order valence-electron chi connectivity index (χ3n) is 6.07. The van der Waals surface area contributed by atoms with Crippen LogP contribution in [0.4, 0.5) is 5.13 Å². The summed E-state index contributed by atoms with van der Waals surface area (Å²) in [6, 6.07) is 5.08. The van der Waals surface area contributed by atoms with Crippen molar-refractivity contribution in [2.45, 2.75) is 51.6 Å².